The number of nitrogens with zero attached hydrogens (tertiary/aromatic N) is 2. The van der Waals surface area contributed by atoms with Gasteiger partial charge in [0.2, 0.25) is 5.91 Å². The largest absolute Gasteiger partial charge is 0.444 e. The quantitative estimate of drug-likeness (QED) is 0.683. The summed E-state index contributed by atoms with van der Waals surface area (Å²) in [7, 11) is 0. The highest BCUT2D eigenvalue weighted by molar-refractivity contribution is 6.34. The molecular formula is C21H27ClN2O3. The van der Waals surface area contributed by atoms with E-state index in [9.17, 15) is 9.59 Å². The number of ether oxygens (including phenoxy) is 1. The van der Waals surface area contributed by atoms with Crippen molar-refractivity contribution in [2.45, 2.75) is 52.2 Å². The van der Waals surface area contributed by atoms with Crippen molar-refractivity contribution < 1.29 is 14.3 Å². The van der Waals surface area contributed by atoms with Crippen LogP contribution in [0.4, 0.5) is 10.5 Å². The molecule has 1 aliphatic heterocycles. The maximum absolute atomic E-state index is 13.0. The van der Waals surface area contributed by atoms with Gasteiger partial charge in [0, 0.05) is 19.5 Å². The van der Waals surface area contributed by atoms with E-state index < -0.39 is 5.60 Å². The van der Waals surface area contributed by atoms with Crippen LogP contribution in [0.3, 0.4) is 0 Å². The minimum Gasteiger partial charge on any atom is -0.444 e. The number of hydrogen-bond acceptors (Lipinski definition) is 3. The summed E-state index contributed by atoms with van der Waals surface area (Å²) >= 11 is 6.46. The van der Waals surface area contributed by atoms with Gasteiger partial charge in [0.25, 0.3) is 0 Å². The lowest BCUT2D eigenvalue weighted by molar-refractivity contribution is -0.119. The van der Waals surface area contributed by atoms with Gasteiger partial charge in [-0.25, -0.2) is 4.79 Å². The van der Waals surface area contributed by atoms with Crippen LogP contribution >= 0.6 is 11.6 Å². The van der Waals surface area contributed by atoms with Crippen LogP contribution in [0.1, 0.15) is 45.6 Å². The highest BCUT2D eigenvalue weighted by atomic mass is 35.5. The Morgan fingerprint density at radius 1 is 1.26 bits per heavy atom. The molecule has 27 heavy (non-hydrogen) atoms. The molecule has 3 rings (SSSR count). The normalized spacial score (nSPS) is 19.6. The lowest BCUT2D eigenvalue weighted by atomic mass is 10.0. The van der Waals surface area contributed by atoms with Crippen molar-refractivity contribution >= 4 is 29.3 Å². The molecule has 1 aromatic rings. The summed E-state index contributed by atoms with van der Waals surface area (Å²) in [4.78, 5) is 29.0. The molecule has 1 atom stereocenters. The molecule has 1 aliphatic carbocycles. The molecule has 0 spiro atoms. The first-order valence-corrected chi connectivity index (χ1v) is 9.85. The van der Waals surface area contributed by atoms with Crippen molar-refractivity contribution in [2.24, 2.45) is 5.92 Å². The first-order chi connectivity index (χ1) is 12.7. The Hall–Kier alpha value is -2.01. The van der Waals surface area contributed by atoms with E-state index in [2.05, 4.69) is 12.2 Å². The third-order valence-corrected chi connectivity index (χ3v) is 5.10. The van der Waals surface area contributed by atoms with Crippen LogP contribution in [-0.2, 0) is 16.1 Å². The fourth-order valence-corrected chi connectivity index (χ4v) is 3.83. The lowest BCUT2D eigenvalue weighted by Gasteiger charge is -2.27. The number of hydrogen-bond donors (Lipinski definition) is 0. The molecule has 146 valence electrons. The summed E-state index contributed by atoms with van der Waals surface area (Å²) < 4.78 is 5.52. The van der Waals surface area contributed by atoms with Gasteiger partial charge >= 0.3 is 6.09 Å². The van der Waals surface area contributed by atoms with Crippen LogP contribution in [0.5, 0.6) is 0 Å². The Morgan fingerprint density at radius 2 is 2.04 bits per heavy atom. The zero-order valence-corrected chi connectivity index (χ0v) is 17.0. The Balaban J connectivity index is 1.84. The summed E-state index contributed by atoms with van der Waals surface area (Å²) in [5, 5.41) is 0.536. The SMILES string of the molecule is CC(C)(C)OC(=O)N1CCN(C(=O)CC2C=CCC2)c2c(Cl)cccc2C1. The molecule has 5 nitrogen and oxygen atoms in total. The molecule has 2 amide bonds. The summed E-state index contributed by atoms with van der Waals surface area (Å²) in [5.74, 6) is 0.334. The predicted molar refractivity (Wildman–Crippen MR) is 107 cm³/mol. The third kappa shape index (κ3) is 4.83. The molecule has 2 aliphatic rings. The molecule has 1 heterocycles. The fourth-order valence-electron chi connectivity index (χ4n) is 3.54. The molecule has 1 aromatic carbocycles. The van der Waals surface area contributed by atoms with E-state index in [1.54, 1.807) is 15.9 Å². The Morgan fingerprint density at radius 3 is 2.70 bits per heavy atom. The highest BCUT2D eigenvalue weighted by Crippen LogP contribution is 2.34. The van der Waals surface area contributed by atoms with Crippen molar-refractivity contribution in [3.8, 4) is 0 Å². The fraction of sp³-hybridized carbons (Fsp3) is 0.524. The van der Waals surface area contributed by atoms with Gasteiger partial charge in [-0.1, -0.05) is 35.9 Å². The van der Waals surface area contributed by atoms with Gasteiger partial charge in [-0.15, -0.1) is 0 Å². The first-order valence-electron chi connectivity index (χ1n) is 9.47. The van der Waals surface area contributed by atoms with Crippen LogP contribution in [0.2, 0.25) is 5.02 Å². The van der Waals surface area contributed by atoms with Crippen LogP contribution in [-0.4, -0.2) is 35.6 Å². The molecule has 1 unspecified atom stereocenters. The van der Waals surface area contributed by atoms with Crippen LogP contribution in [0, 0.1) is 5.92 Å². The smallest absolute Gasteiger partial charge is 0.410 e. The average molecular weight is 391 g/mol. The van der Waals surface area contributed by atoms with E-state index >= 15 is 0 Å². The number of carbonyl (C=O) groups excluding carboxylic acids is 2. The van der Waals surface area contributed by atoms with Gasteiger partial charge in [-0.3, -0.25) is 4.79 Å². The monoisotopic (exact) mass is 390 g/mol. The summed E-state index contributed by atoms with van der Waals surface area (Å²) in [6.07, 6.45) is 6.39. The van der Waals surface area contributed by atoms with Gasteiger partial charge in [0.15, 0.2) is 0 Å². The molecule has 0 saturated heterocycles. The third-order valence-electron chi connectivity index (χ3n) is 4.80. The van der Waals surface area contributed by atoms with Crippen molar-refractivity contribution in [1.82, 2.24) is 4.90 Å². The van der Waals surface area contributed by atoms with E-state index in [1.165, 1.54) is 0 Å². The number of rotatable bonds is 2. The molecule has 0 fully saturated rings. The second-order valence-electron chi connectivity index (χ2n) is 8.16. The van der Waals surface area contributed by atoms with Gasteiger partial charge < -0.3 is 14.5 Å². The molecule has 0 aromatic heterocycles. The van der Waals surface area contributed by atoms with E-state index in [0.717, 1.165) is 24.1 Å². The standard InChI is InChI=1S/C21H27ClN2O3/c1-21(2,3)27-20(26)23-11-12-24(18(25)13-15-7-4-5-8-15)19-16(14-23)9-6-10-17(19)22/h4,6-7,9-10,15H,5,8,11-14H2,1-3H3. The maximum Gasteiger partial charge on any atom is 0.410 e. The molecule has 6 heteroatoms. The Bertz CT molecular complexity index is 754. The van der Waals surface area contributed by atoms with E-state index in [0.29, 0.717) is 31.1 Å². The molecule has 0 N–H and O–H groups in total. The van der Waals surface area contributed by atoms with Crippen molar-refractivity contribution in [2.75, 3.05) is 18.0 Å². The van der Waals surface area contributed by atoms with Crippen LogP contribution in [0.15, 0.2) is 30.4 Å². The van der Waals surface area contributed by atoms with E-state index in [1.807, 2.05) is 32.9 Å². The number of anilines is 1. The first kappa shape index (κ1) is 19.7. The van der Waals surface area contributed by atoms with E-state index in [4.69, 9.17) is 16.3 Å². The van der Waals surface area contributed by atoms with Crippen molar-refractivity contribution in [3.63, 3.8) is 0 Å². The molecule has 0 radical (unpaired) electrons. The highest BCUT2D eigenvalue weighted by Gasteiger charge is 2.31. The predicted octanol–water partition coefficient (Wildman–Crippen LogP) is 4.78. The number of para-hydroxylation sites is 1. The minimum absolute atomic E-state index is 0.0481. The van der Waals surface area contributed by atoms with Gasteiger partial charge in [0.1, 0.15) is 5.60 Å². The molecular weight excluding hydrogens is 364 g/mol. The average Bonchev–Trinajstić information content (AvgIpc) is 2.98. The van der Waals surface area contributed by atoms with Gasteiger partial charge in [-0.05, 0) is 51.2 Å². The van der Waals surface area contributed by atoms with Gasteiger partial charge in [-0.2, -0.15) is 0 Å². The zero-order valence-electron chi connectivity index (χ0n) is 16.2. The summed E-state index contributed by atoms with van der Waals surface area (Å²) in [5.41, 5.74) is 1.02. The van der Waals surface area contributed by atoms with Crippen molar-refractivity contribution in [3.05, 3.63) is 40.9 Å². The second kappa shape index (κ2) is 7.93. The Labute approximate surface area is 165 Å². The number of halogens is 1. The number of fused-ring (bicyclic) bond motifs is 1. The molecule has 0 bridgehead atoms. The van der Waals surface area contributed by atoms with Gasteiger partial charge in [0.05, 0.1) is 17.3 Å². The topological polar surface area (TPSA) is 49.9 Å². The van der Waals surface area contributed by atoms with E-state index in [-0.39, 0.29) is 17.9 Å². The number of benzene rings is 1. The summed E-state index contributed by atoms with van der Waals surface area (Å²) in [6, 6.07) is 5.56. The lowest BCUT2D eigenvalue weighted by Crippen LogP contribution is -2.40. The number of carbonyl (C=O) groups is 2. The van der Waals surface area contributed by atoms with Crippen LogP contribution in [0.25, 0.3) is 0 Å². The number of allylic oxidation sites excluding steroid dienone is 2. The second-order valence-corrected chi connectivity index (χ2v) is 8.57. The molecule has 0 saturated carbocycles. The summed E-state index contributed by atoms with van der Waals surface area (Å²) in [6.45, 7) is 6.73. The minimum atomic E-state index is -0.565. The Kier molecular flexibility index (Phi) is 5.80. The maximum atomic E-state index is 13.0. The van der Waals surface area contributed by atoms with Crippen molar-refractivity contribution in [1.29, 1.82) is 0 Å². The number of amides is 2. The van der Waals surface area contributed by atoms with Crippen LogP contribution < -0.4 is 4.90 Å². The zero-order chi connectivity index (χ0) is 19.6.